The second-order valence-electron chi connectivity index (χ2n) is 6.55. The molecule has 1 aliphatic rings. The van der Waals surface area contributed by atoms with Gasteiger partial charge in [0, 0.05) is 37.6 Å². The summed E-state index contributed by atoms with van der Waals surface area (Å²) < 4.78 is 6.82. The van der Waals surface area contributed by atoms with E-state index in [9.17, 15) is 9.59 Å². The van der Waals surface area contributed by atoms with Gasteiger partial charge in [-0.3, -0.25) is 9.59 Å². The molecular weight excluding hydrogens is 525 g/mol. The maximum Gasteiger partial charge on any atom is 0.259 e. The highest BCUT2D eigenvalue weighted by atomic mass is 79.9. The number of ether oxygens (including phenoxy) is 1. The van der Waals surface area contributed by atoms with Crippen molar-refractivity contribution in [1.82, 2.24) is 4.90 Å². The highest BCUT2D eigenvalue weighted by molar-refractivity contribution is 9.11. The van der Waals surface area contributed by atoms with Crippen LogP contribution in [0.4, 0.5) is 11.4 Å². The van der Waals surface area contributed by atoms with Crippen molar-refractivity contribution in [3.05, 3.63) is 49.9 Å². The van der Waals surface area contributed by atoms with E-state index in [1.807, 2.05) is 12.1 Å². The Morgan fingerprint density at radius 3 is 2.45 bits per heavy atom. The minimum atomic E-state index is -0.310. The van der Waals surface area contributed by atoms with Gasteiger partial charge in [-0.2, -0.15) is 0 Å². The molecule has 2 aromatic rings. The van der Waals surface area contributed by atoms with E-state index in [2.05, 4.69) is 42.1 Å². The normalized spacial score (nSPS) is 14.0. The predicted molar refractivity (Wildman–Crippen MR) is 122 cm³/mol. The third-order valence-electron chi connectivity index (χ3n) is 4.73. The van der Waals surface area contributed by atoms with E-state index in [1.54, 1.807) is 30.0 Å². The van der Waals surface area contributed by atoms with Crippen LogP contribution in [0.2, 0.25) is 5.02 Å². The van der Waals surface area contributed by atoms with Crippen LogP contribution in [0.15, 0.2) is 39.3 Å². The summed E-state index contributed by atoms with van der Waals surface area (Å²) in [4.78, 5) is 28.5. The van der Waals surface area contributed by atoms with E-state index in [1.165, 1.54) is 7.11 Å². The Balaban J connectivity index is 1.89. The minimum absolute atomic E-state index is 0.0599. The maximum atomic E-state index is 13.0. The molecule has 1 saturated heterocycles. The number of carbonyl (C=O) groups excluding carboxylic acids is 2. The summed E-state index contributed by atoms with van der Waals surface area (Å²) in [5.74, 6) is 0.198. The van der Waals surface area contributed by atoms with Crippen molar-refractivity contribution in [1.29, 1.82) is 0 Å². The average Bonchev–Trinajstić information content (AvgIpc) is 2.67. The number of hydrogen-bond donors (Lipinski definition) is 1. The third kappa shape index (κ3) is 4.87. The summed E-state index contributed by atoms with van der Waals surface area (Å²) >= 11 is 13.3. The Morgan fingerprint density at radius 1 is 1.14 bits per heavy atom. The molecule has 154 valence electrons. The van der Waals surface area contributed by atoms with Gasteiger partial charge in [0.1, 0.15) is 5.75 Å². The number of rotatable bonds is 4. The van der Waals surface area contributed by atoms with E-state index < -0.39 is 0 Å². The summed E-state index contributed by atoms with van der Waals surface area (Å²) in [6.45, 7) is 4.07. The first-order valence-corrected chi connectivity index (χ1v) is 10.9. The monoisotopic (exact) mass is 543 g/mol. The van der Waals surface area contributed by atoms with Gasteiger partial charge in [-0.1, -0.05) is 33.6 Å². The number of methoxy groups -OCH3 is 1. The molecule has 1 fully saturated rings. The van der Waals surface area contributed by atoms with Gasteiger partial charge < -0.3 is 19.9 Å². The van der Waals surface area contributed by atoms with Gasteiger partial charge in [0.25, 0.3) is 5.91 Å². The van der Waals surface area contributed by atoms with Gasteiger partial charge in [-0.05, 0) is 40.2 Å². The largest absolute Gasteiger partial charge is 0.495 e. The zero-order valence-corrected chi connectivity index (χ0v) is 19.9. The number of piperazine rings is 1. The number of nitrogens with one attached hydrogen (secondary N) is 1. The first kappa shape index (κ1) is 21.9. The summed E-state index contributed by atoms with van der Waals surface area (Å²) in [7, 11) is 1.52. The summed E-state index contributed by atoms with van der Waals surface area (Å²) in [6.07, 6.45) is 0. The van der Waals surface area contributed by atoms with Crippen molar-refractivity contribution in [3.63, 3.8) is 0 Å². The fourth-order valence-corrected chi connectivity index (χ4v) is 4.99. The number of hydrogen-bond acceptors (Lipinski definition) is 4. The van der Waals surface area contributed by atoms with E-state index in [-0.39, 0.29) is 11.8 Å². The lowest BCUT2D eigenvalue weighted by Gasteiger charge is -2.37. The standard InChI is InChI=1S/C20H20Br2ClN3O3/c1-12(27)25-6-8-26(9-7-25)18-16(23)4-3-5-17(18)24-20(28)14-10-13(21)11-15(22)19(14)29-2/h3-5,10-11H,6-9H2,1-2H3,(H,24,28). The lowest BCUT2D eigenvalue weighted by Crippen LogP contribution is -2.48. The zero-order chi connectivity index (χ0) is 21.1. The molecule has 0 aliphatic carbocycles. The Labute approximate surface area is 191 Å². The quantitative estimate of drug-likeness (QED) is 0.600. The van der Waals surface area contributed by atoms with Crippen LogP contribution >= 0.6 is 43.5 Å². The number of para-hydroxylation sites is 1. The minimum Gasteiger partial charge on any atom is -0.495 e. The number of anilines is 2. The lowest BCUT2D eigenvalue weighted by molar-refractivity contribution is -0.129. The van der Waals surface area contributed by atoms with Crippen LogP contribution in [0.25, 0.3) is 0 Å². The summed E-state index contributed by atoms with van der Waals surface area (Å²) in [6, 6.07) is 8.92. The molecule has 0 aromatic heterocycles. The number of nitrogens with zero attached hydrogens (tertiary/aromatic N) is 2. The van der Waals surface area contributed by atoms with E-state index in [4.69, 9.17) is 16.3 Å². The van der Waals surface area contributed by atoms with Gasteiger partial charge in [0.2, 0.25) is 5.91 Å². The van der Waals surface area contributed by atoms with Gasteiger partial charge in [-0.25, -0.2) is 0 Å². The second-order valence-corrected chi connectivity index (χ2v) is 8.73. The highest BCUT2D eigenvalue weighted by Gasteiger charge is 2.24. The molecular formula is C20H20Br2ClN3O3. The number of amides is 2. The number of halogens is 3. The molecule has 3 rings (SSSR count). The summed E-state index contributed by atoms with van der Waals surface area (Å²) in [5.41, 5.74) is 1.75. The molecule has 9 heteroatoms. The van der Waals surface area contributed by atoms with Crippen LogP contribution < -0.4 is 15.0 Å². The van der Waals surface area contributed by atoms with Crippen LogP contribution in [0.5, 0.6) is 5.75 Å². The highest BCUT2D eigenvalue weighted by Crippen LogP contribution is 2.37. The first-order chi connectivity index (χ1) is 13.8. The second kappa shape index (κ2) is 9.36. The van der Waals surface area contributed by atoms with Gasteiger partial charge in [0.15, 0.2) is 0 Å². The zero-order valence-electron chi connectivity index (χ0n) is 16.0. The third-order valence-corrected chi connectivity index (χ3v) is 6.09. The molecule has 29 heavy (non-hydrogen) atoms. The molecule has 6 nitrogen and oxygen atoms in total. The predicted octanol–water partition coefficient (Wildman–Crippen LogP) is 4.79. The van der Waals surface area contributed by atoms with Crippen molar-refractivity contribution in [2.45, 2.75) is 6.92 Å². The molecule has 1 aliphatic heterocycles. The van der Waals surface area contributed by atoms with Crippen molar-refractivity contribution in [3.8, 4) is 5.75 Å². The molecule has 2 amide bonds. The Hall–Kier alpha value is -1.77. The van der Waals surface area contributed by atoms with E-state index in [0.29, 0.717) is 52.7 Å². The molecule has 0 unspecified atom stereocenters. The molecule has 1 heterocycles. The first-order valence-electron chi connectivity index (χ1n) is 8.95. The Morgan fingerprint density at radius 2 is 1.83 bits per heavy atom. The van der Waals surface area contributed by atoms with Crippen LogP contribution in [0.1, 0.15) is 17.3 Å². The number of benzene rings is 2. The van der Waals surface area contributed by atoms with Gasteiger partial charge >= 0.3 is 0 Å². The smallest absolute Gasteiger partial charge is 0.259 e. The molecule has 2 aromatic carbocycles. The molecule has 0 bridgehead atoms. The van der Waals surface area contributed by atoms with Crippen molar-refractivity contribution in [2.24, 2.45) is 0 Å². The summed E-state index contributed by atoms with van der Waals surface area (Å²) in [5, 5.41) is 3.50. The molecule has 0 spiro atoms. The van der Waals surface area contributed by atoms with Crippen molar-refractivity contribution < 1.29 is 14.3 Å². The average molecular weight is 546 g/mol. The Bertz CT molecular complexity index is 947. The van der Waals surface area contributed by atoms with Crippen molar-refractivity contribution >= 4 is 66.6 Å². The van der Waals surface area contributed by atoms with Crippen LogP contribution in [-0.4, -0.2) is 50.0 Å². The number of carbonyl (C=O) groups is 2. The van der Waals surface area contributed by atoms with Crippen molar-refractivity contribution in [2.75, 3.05) is 43.5 Å². The fourth-order valence-electron chi connectivity index (χ4n) is 3.31. The molecule has 0 radical (unpaired) electrons. The Kier molecular flexibility index (Phi) is 7.08. The fraction of sp³-hybridized carbons (Fsp3) is 0.300. The molecule has 1 N–H and O–H groups in total. The lowest BCUT2D eigenvalue weighted by atomic mass is 10.1. The van der Waals surface area contributed by atoms with E-state index >= 15 is 0 Å². The molecule has 0 atom stereocenters. The SMILES string of the molecule is COc1c(Br)cc(Br)cc1C(=O)Nc1cccc(Cl)c1N1CCN(C(C)=O)CC1. The topological polar surface area (TPSA) is 61.9 Å². The van der Waals surface area contributed by atoms with Crippen LogP contribution in [-0.2, 0) is 4.79 Å². The van der Waals surface area contributed by atoms with Gasteiger partial charge in [-0.15, -0.1) is 0 Å². The maximum absolute atomic E-state index is 13.0. The van der Waals surface area contributed by atoms with Gasteiger partial charge in [0.05, 0.1) is 33.5 Å². The van der Waals surface area contributed by atoms with E-state index in [0.717, 1.165) is 10.2 Å². The molecule has 0 saturated carbocycles. The van der Waals surface area contributed by atoms with Crippen LogP contribution in [0.3, 0.4) is 0 Å². The van der Waals surface area contributed by atoms with Crippen LogP contribution in [0, 0.1) is 0 Å².